The predicted octanol–water partition coefficient (Wildman–Crippen LogP) is 1.17. The van der Waals surface area contributed by atoms with Crippen LogP contribution in [0.5, 0.6) is 0 Å². The van der Waals surface area contributed by atoms with Crippen LogP contribution in [0.2, 0.25) is 0 Å². The first kappa shape index (κ1) is 17.2. The van der Waals surface area contributed by atoms with E-state index in [2.05, 4.69) is 0 Å². The number of methoxy groups -OCH3 is 1. The highest BCUT2D eigenvalue weighted by atomic mass is 32.2. The average Bonchev–Trinajstić information content (AvgIpc) is 2.34. The number of hydrogen-bond donors (Lipinski definition) is 0. The Morgan fingerprint density at radius 3 is 2.56 bits per heavy atom. The first-order valence-corrected chi connectivity index (χ1v) is 7.31. The molecule has 6 heteroatoms. The topological polar surface area (TPSA) is 55.8 Å². The van der Waals surface area contributed by atoms with Crippen LogP contribution in [-0.4, -0.2) is 61.7 Å². The lowest BCUT2D eigenvalue weighted by atomic mass is 10.4. The monoisotopic (exact) mass is 277 g/mol. The van der Waals surface area contributed by atoms with Gasteiger partial charge in [0.1, 0.15) is 6.54 Å². The van der Waals surface area contributed by atoms with Crippen molar-refractivity contribution in [3.8, 4) is 0 Å². The molecule has 0 saturated carbocycles. The van der Waals surface area contributed by atoms with Gasteiger partial charge in [-0.3, -0.25) is 9.59 Å². The molecule has 0 aromatic heterocycles. The molecule has 0 radical (unpaired) electrons. The third-order valence-corrected chi connectivity index (χ3v) is 3.04. The van der Waals surface area contributed by atoms with Crippen LogP contribution >= 0.6 is 11.8 Å². The molecule has 0 heterocycles. The summed E-state index contributed by atoms with van der Waals surface area (Å²) in [5, 5.41) is 0. The van der Waals surface area contributed by atoms with Crippen LogP contribution in [0.4, 0.5) is 0 Å². The standard InChI is InChI=1S/C12H23NO4S/c1-4-6-13(9-12(15)17-5-2)11(14)10-18-8-7-16-3/h4-10H2,1-3H3. The van der Waals surface area contributed by atoms with Crippen molar-refractivity contribution in [2.75, 3.05) is 44.9 Å². The second kappa shape index (κ2) is 11.3. The summed E-state index contributed by atoms with van der Waals surface area (Å²) in [6.07, 6.45) is 0.827. The quantitative estimate of drug-likeness (QED) is 0.443. The van der Waals surface area contributed by atoms with Gasteiger partial charge in [0.05, 0.1) is 19.0 Å². The highest BCUT2D eigenvalue weighted by Gasteiger charge is 2.16. The van der Waals surface area contributed by atoms with Gasteiger partial charge < -0.3 is 14.4 Å². The number of esters is 1. The molecule has 0 aliphatic carbocycles. The number of carbonyl (C=O) groups excluding carboxylic acids is 2. The summed E-state index contributed by atoms with van der Waals surface area (Å²) in [6.45, 7) is 5.33. The van der Waals surface area contributed by atoms with Crippen LogP contribution in [0, 0.1) is 0 Å². The molecular formula is C12H23NO4S. The maximum atomic E-state index is 11.9. The Kier molecular flexibility index (Phi) is 10.9. The lowest BCUT2D eigenvalue weighted by Gasteiger charge is -2.20. The molecule has 106 valence electrons. The largest absolute Gasteiger partial charge is 0.465 e. The van der Waals surface area contributed by atoms with E-state index < -0.39 is 0 Å². The Hall–Kier alpha value is -0.750. The fraction of sp³-hybridized carbons (Fsp3) is 0.833. The number of nitrogens with zero attached hydrogens (tertiary/aromatic N) is 1. The van der Waals surface area contributed by atoms with Crippen molar-refractivity contribution in [2.24, 2.45) is 0 Å². The van der Waals surface area contributed by atoms with E-state index in [4.69, 9.17) is 9.47 Å². The molecule has 5 nitrogen and oxygen atoms in total. The minimum atomic E-state index is -0.346. The Labute approximate surface area is 113 Å². The summed E-state index contributed by atoms with van der Waals surface area (Å²) in [5.41, 5.74) is 0. The SMILES string of the molecule is CCCN(CC(=O)OCC)C(=O)CSCCOC. The van der Waals surface area contributed by atoms with E-state index in [1.165, 1.54) is 11.8 Å². The molecule has 0 spiro atoms. The summed E-state index contributed by atoms with van der Waals surface area (Å²) >= 11 is 1.51. The van der Waals surface area contributed by atoms with Gasteiger partial charge in [-0.25, -0.2) is 0 Å². The Bertz CT molecular complexity index is 248. The third kappa shape index (κ3) is 8.36. The van der Waals surface area contributed by atoms with E-state index in [-0.39, 0.29) is 18.4 Å². The van der Waals surface area contributed by atoms with Crippen molar-refractivity contribution in [3.05, 3.63) is 0 Å². The maximum Gasteiger partial charge on any atom is 0.325 e. The van der Waals surface area contributed by atoms with Gasteiger partial charge in [0.25, 0.3) is 0 Å². The zero-order valence-electron chi connectivity index (χ0n) is 11.4. The van der Waals surface area contributed by atoms with Crippen molar-refractivity contribution in [3.63, 3.8) is 0 Å². The Balaban J connectivity index is 4.05. The van der Waals surface area contributed by atoms with E-state index in [0.29, 0.717) is 25.5 Å². The first-order chi connectivity index (χ1) is 8.65. The molecule has 0 bridgehead atoms. The molecule has 0 saturated heterocycles. The van der Waals surface area contributed by atoms with Gasteiger partial charge >= 0.3 is 5.97 Å². The van der Waals surface area contributed by atoms with E-state index in [1.54, 1.807) is 18.9 Å². The lowest BCUT2D eigenvalue weighted by Crippen LogP contribution is -2.38. The zero-order chi connectivity index (χ0) is 13.8. The molecule has 0 aromatic rings. The molecule has 1 amide bonds. The minimum absolute atomic E-state index is 0.0222. The number of carbonyl (C=O) groups is 2. The number of amides is 1. The summed E-state index contributed by atoms with van der Waals surface area (Å²) < 4.78 is 9.76. The normalized spacial score (nSPS) is 10.2. The number of rotatable bonds is 10. The Morgan fingerprint density at radius 2 is 2.00 bits per heavy atom. The molecule has 0 N–H and O–H groups in total. The van der Waals surface area contributed by atoms with Gasteiger partial charge in [-0.05, 0) is 13.3 Å². The van der Waals surface area contributed by atoms with Crippen molar-refractivity contribution in [1.82, 2.24) is 4.90 Å². The molecule has 0 unspecified atom stereocenters. The molecule has 0 aliphatic rings. The third-order valence-electron chi connectivity index (χ3n) is 2.13. The number of ether oxygens (including phenoxy) is 2. The Morgan fingerprint density at radius 1 is 1.28 bits per heavy atom. The fourth-order valence-electron chi connectivity index (χ4n) is 1.32. The predicted molar refractivity (Wildman–Crippen MR) is 72.7 cm³/mol. The van der Waals surface area contributed by atoms with Crippen molar-refractivity contribution in [2.45, 2.75) is 20.3 Å². The van der Waals surface area contributed by atoms with Gasteiger partial charge in [0, 0.05) is 19.4 Å². The summed E-state index contributed by atoms with van der Waals surface area (Å²) in [5.74, 6) is 0.789. The highest BCUT2D eigenvalue weighted by molar-refractivity contribution is 7.99. The molecule has 0 aromatic carbocycles. The molecule has 0 fully saturated rings. The highest BCUT2D eigenvalue weighted by Crippen LogP contribution is 2.04. The van der Waals surface area contributed by atoms with Crippen molar-refractivity contribution >= 4 is 23.6 Å². The second-order valence-electron chi connectivity index (χ2n) is 3.67. The van der Waals surface area contributed by atoms with Crippen LogP contribution in [-0.2, 0) is 19.1 Å². The summed E-state index contributed by atoms with van der Waals surface area (Å²) in [6, 6.07) is 0. The average molecular weight is 277 g/mol. The zero-order valence-corrected chi connectivity index (χ0v) is 12.3. The molecular weight excluding hydrogens is 254 g/mol. The van der Waals surface area contributed by atoms with Crippen LogP contribution in [0.25, 0.3) is 0 Å². The van der Waals surface area contributed by atoms with Crippen LogP contribution in [0.1, 0.15) is 20.3 Å². The van der Waals surface area contributed by atoms with E-state index in [1.807, 2.05) is 6.92 Å². The van der Waals surface area contributed by atoms with E-state index in [9.17, 15) is 9.59 Å². The van der Waals surface area contributed by atoms with Crippen molar-refractivity contribution < 1.29 is 19.1 Å². The summed E-state index contributed by atoms with van der Waals surface area (Å²) in [4.78, 5) is 24.8. The molecule has 18 heavy (non-hydrogen) atoms. The first-order valence-electron chi connectivity index (χ1n) is 6.15. The van der Waals surface area contributed by atoms with Gasteiger partial charge in [-0.15, -0.1) is 11.8 Å². The van der Waals surface area contributed by atoms with Gasteiger partial charge in [-0.1, -0.05) is 6.92 Å². The van der Waals surface area contributed by atoms with E-state index in [0.717, 1.165) is 12.2 Å². The van der Waals surface area contributed by atoms with Crippen LogP contribution < -0.4 is 0 Å². The van der Waals surface area contributed by atoms with Gasteiger partial charge in [0.15, 0.2) is 0 Å². The fourth-order valence-corrected chi connectivity index (χ4v) is 2.10. The number of hydrogen-bond acceptors (Lipinski definition) is 5. The summed E-state index contributed by atoms with van der Waals surface area (Å²) in [7, 11) is 1.63. The number of thioether (sulfide) groups is 1. The van der Waals surface area contributed by atoms with Crippen molar-refractivity contribution in [1.29, 1.82) is 0 Å². The van der Waals surface area contributed by atoms with Crippen LogP contribution in [0.3, 0.4) is 0 Å². The van der Waals surface area contributed by atoms with Crippen LogP contribution in [0.15, 0.2) is 0 Å². The van der Waals surface area contributed by atoms with Gasteiger partial charge in [-0.2, -0.15) is 0 Å². The smallest absolute Gasteiger partial charge is 0.325 e. The molecule has 0 atom stereocenters. The maximum absolute atomic E-state index is 11.9. The lowest BCUT2D eigenvalue weighted by molar-refractivity contribution is -0.148. The molecule has 0 aliphatic heterocycles. The molecule has 0 rings (SSSR count). The minimum Gasteiger partial charge on any atom is -0.465 e. The van der Waals surface area contributed by atoms with Gasteiger partial charge in [0.2, 0.25) is 5.91 Å². The second-order valence-corrected chi connectivity index (χ2v) is 4.77. The van der Waals surface area contributed by atoms with E-state index >= 15 is 0 Å².